The number of hydrogen-bond acceptors (Lipinski definition) is 3. The van der Waals surface area contributed by atoms with Crippen LogP contribution in [0.1, 0.15) is 6.42 Å². The van der Waals surface area contributed by atoms with E-state index in [4.69, 9.17) is 11.6 Å². The molecule has 0 aliphatic carbocycles. The highest BCUT2D eigenvalue weighted by atomic mass is 35.5. The van der Waals surface area contributed by atoms with Crippen LogP contribution in [-0.2, 0) is 0 Å². The molecule has 1 unspecified atom stereocenters. The molecule has 0 bridgehead atoms. The molecule has 2 aromatic carbocycles. The molecule has 154 valence electrons. The van der Waals surface area contributed by atoms with Crippen molar-refractivity contribution in [2.45, 2.75) is 6.42 Å². The Morgan fingerprint density at radius 2 is 1.76 bits per heavy atom. The van der Waals surface area contributed by atoms with Gasteiger partial charge in [0.1, 0.15) is 5.82 Å². The predicted molar refractivity (Wildman–Crippen MR) is 115 cm³/mol. The van der Waals surface area contributed by atoms with Gasteiger partial charge in [-0.3, -0.25) is 0 Å². The van der Waals surface area contributed by atoms with Gasteiger partial charge in [0.15, 0.2) is 0 Å². The Bertz CT molecular complexity index is 839. The highest BCUT2D eigenvalue weighted by Crippen LogP contribution is 2.24. The van der Waals surface area contributed by atoms with E-state index in [9.17, 15) is 9.18 Å². The normalized spacial score (nSPS) is 19.5. The number of nitrogens with zero attached hydrogens (tertiary/aromatic N) is 3. The van der Waals surface area contributed by atoms with Crippen molar-refractivity contribution < 1.29 is 9.18 Å². The van der Waals surface area contributed by atoms with E-state index in [0.29, 0.717) is 25.6 Å². The zero-order valence-electron chi connectivity index (χ0n) is 16.4. The minimum Gasteiger partial charge on any atom is -0.371 e. The minimum absolute atomic E-state index is 0.0102. The Labute approximate surface area is 176 Å². The van der Waals surface area contributed by atoms with Gasteiger partial charge in [-0.15, -0.1) is 0 Å². The maximum atomic E-state index is 13.1. The molecular formula is C22H26ClFN4O. The fourth-order valence-electron chi connectivity index (χ4n) is 4.07. The second-order valence-corrected chi connectivity index (χ2v) is 8.15. The van der Waals surface area contributed by atoms with E-state index < -0.39 is 0 Å². The van der Waals surface area contributed by atoms with Gasteiger partial charge in [0, 0.05) is 62.2 Å². The summed E-state index contributed by atoms with van der Waals surface area (Å²) in [7, 11) is 0. The number of carbonyl (C=O) groups is 1. The second kappa shape index (κ2) is 8.91. The van der Waals surface area contributed by atoms with Crippen LogP contribution >= 0.6 is 11.6 Å². The number of halogens is 2. The van der Waals surface area contributed by atoms with Crippen molar-refractivity contribution in [1.29, 1.82) is 0 Å². The van der Waals surface area contributed by atoms with Gasteiger partial charge in [-0.1, -0.05) is 17.7 Å². The molecule has 29 heavy (non-hydrogen) atoms. The van der Waals surface area contributed by atoms with Crippen LogP contribution in [-0.4, -0.2) is 56.7 Å². The lowest BCUT2D eigenvalue weighted by molar-refractivity contribution is 0.193. The summed E-state index contributed by atoms with van der Waals surface area (Å²) in [6.45, 7) is 5.49. The summed E-state index contributed by atoms with van der Waals surface area (Å²) in [5.74, 6) is 0.198. The fourth-order valence-corrected chi connectivity index (χ4v) is 4.25. The molecule has 5 nitrogen and oxygen atoms in total. The number of piperazine rings is 1. The van der Waals surface area contributed by atoms with Crippen molar-refractivity contribution in [3.8, 4) is 0 Å². The van der Waals surface area contributed by atoms with Crippen LogP contribution in [0.3, 0.4) is 0 Å². The summed E-state index contributed by atoms with van der Waals surface area (Å²) in [5.41, 5.74) is 2.14. The summed E-state index contributed by atoms with van der Waals surface area (Å²) in [4.78, 5) is 19.0. The van der Waals surface area contributed by atoms with Crippen LogP contribution in [0.15, 0.2) is 48.5 Å². The lowest BCUT2D eigenvalue weighted by Gasteiger charge is -2.36. The van der Waals surface area contributed by atoms with Crippen molar-refractivity contribution >= 4 is 29.0 Å². The average Bonchev–Trinajstić information content (AvgIpc) is 3.22. The fraction of sp³-hybridized carbons (Fsp3) is 0.409. The van der Waals surface area contributed by atoms with Gasteiger partial charge >= 0.3 is 6.03 Å². The zero-order chi connectivity index (χ0) is 20.2. The van der Waals surface area contributed by atoms with Gasteiger partial charge in [-0.05, 0) is 54.8 Å². The molecule has 1 N–H and O–H groups in total. The molecule has 0 spiro atoms. The van der Waals surface area contributed by atoms with Gasteiger partial charge < -0.3 is 20.0 Å². The Balaban J connectivity index is 1.21. The molecule has 2 aliphatic rings. The first-order valence-electron chi connectivity index (χ1n) is 10.1. The van der Waals surface area contributed by atoms with Gasteiger partial charge in [0.2, 0.25) is 0 Å². The Morgan fingerprint density at radius 3 is 2.48 bits per heavy atom. The molecule has 2 fully saturated rings. The van der Waals surface area contributed by atoms with Crippen molar-refractivity contribution in [2.75, 3.05) is 55.6 Å². The van der Waals surface area contributed by atoms with Crippen LogP contribution in [0.2, 0.25) is 5.02 Å². The summed E-state index contributed by atoms with van der Waals surface area (Å²) in [6.07, 6.45) is 1.03. The summed E-state index contributed by atoms with van der Waals surface area (Å²) in [6, 6.07) is 14.5. The predicted octanol–water partition coefficient (Wildman–Crippen LogP) is 3.84. The van der Waals surface area contributed by atoms with Crippen molar-refractivity contribution in [1.82, 2.24) is 10.2 Å². The van der Waals surface area contributed by atoms with Crippen LogP contribution in [0.5, 0.6) is 0 Å². The first-order chi connectivity index (χ1) is 14.1. The van der Waals surface area contributed by atoms with Crippen molar-refractivity contribution in [3.05, 3.63) is 59.4 Å². The number of anilines is 2. The maximum absolute atomic E-state index is 13.1. The third-order valence-corrected chi connectivity index (χ3v) is 5.99. The van der Waals surface area contributed by atoms with Crippen LogP contribution in [0, 0.1) is 11.7 Å². The van der Waals surface area contributed by atoms with E-state index in [-0.39, 0.29) is 11.8 Å². The Hall–Kier alpha value is -2.47. The molecule has 2 aromatic rings. The quantitative estimate of drug-likeness (QED) is 0.823. The first-order valence-corrected chi connectivity index (χ1v) is 10.5. The van der Waals surface area contributed by atoms with E-state index in [0.717, 1.165) is 49.0 Å². The molecule has 0 aromatic heterocycles. The highest BCUT2D eigenvalue weighted by Gasteiger charge is 2.25. The molecule has 4 rings (SSSR count). The standard InChI is InChI=1S/C22H26ClFN4O/c23-18-2-1-3-21(14-18)26-10-12-27(13-11-26)22(29)25-15-17-8-9-28(16-17)20-6-4-19(24)5-7-20/h1-7,14,17H,8-13,15-16H2,(H,25,29). The number of rotatable bonds is 4. The first kappa shape index (κ1) is 19.8. The molecule has 1 atom stereocenters. The molecule has 0 saturated carbocycles. The number of nitrogens with one attached hydrogen (secondary N) is 1. The lowest BCUT2D eigenvalue weighted by Crippen LogP contribution is -2.52. The number of hydrogen-bond donors (Lipinski definition) is 1. The van der Waals surface area contributed by atoms with Gasteiger partial charge in [-0.25, -0.2) is 9.18 Å². The molecule has 2 aliphatic heterocycles. The molecule has 7 heteroatoms. The number of benzene rings is 2. The second-order valence-electron chi connectivity index (χ2n) is 7.72. The largest absolute Gasteiger partial charge is 0.371 e. The van der Waals surface area contributed by atoms with E-state index in [1.807, 2.05) is 35.2 Å². The zero-order valence-corrected chi connectivity index (χ0v) is 17.1. The number of amides is 2. The Kier molecular flexibility index (Phi) is 6.09. The maximum Gasteiger partial charge on any atom is 0.317 e. The smallest absolute Gasteiger partial charge is 0.317 e. The average molecular weight is 417 g/mol. The lowest BCUT2D eigenvalue weighted by atomic mass is 10.1. The van der Waals surface area contributed by atoms with E-state index in [1.54, 1.807) is 0 Å². The van der Waals surface area contributed by atoms with Gasteiger partial charge in [0.05, 0.1) is 0 Å². The third-order valence-electron chi connectivity index (χ3n) is 5.76. The number of carbonyl (C=O) groups excluding carboxylic acids is 1. The molecule has 2 amide bonds. The minimum atomic E-state index is -0.216. The molecule has 2 heterocycles. The SMILES string of the molecule is O=C(NCC1CCN(c2ccc(F)cc2)C1)N1CCN(c2cccc(Cl)c2)CC1. The van der Waals surface area contributed by atoms with Gasteiger partial charge in [0.25, 0.3) is 0 Å². The Morgan fingerprint density at radius 1 is 1.00 bits per heavy atom. The summed E-state index contributed by atoms with van der Waals surface area (Å²) in [5, 5.41) is 3.83. The van der Waals surface area contributed by atoms with Gasteiger partial charge in [-0.2, -0.15) is 0 Å². The van der Waals surface area contributed by atoms with Crippen LogP contribution in [0.25, 0.3) is 0 Å². The molecule has 2 saturated heterocycles. The molecule has 0 radical (unpaired) electrons. The van der Waals surface area contributed by atoms with E-state index in [2.05, 4.69) is 21.2 Å². The topological polar surface area (TPSA) is 38.8 Å². The monoisotopic (exact) mass is 416 g/mol. The van der Waals surface area contributed by atoms with Crippen LogP contribution < -0.4 is 15.1 Å². The summed E-state index contributed by atoms with van der Waals surface area (Å²) >= 11 is 6.08. The van der Waals surface area contributed by atoms with Crippen molar-refractivity contribution in [3.63, 3.8) is 0 Å². The van der Waals surface area contributed by atoms with Crippen LogP contribution in [0.4, 0.5) is 20.6 Å². The highest BCUT2D eigenvalue weighted by molar-refractivity contribution is 6.30. The van der Waals surface area contributed by atoms with E-state index >= 15 is 0 Å². The van der Waals surface area contributed by atoms with Crippen molar-refractivity contribution in [2.24, 2.45) is 5.92 Å². The molecular weight excluding hydrogens is 391 g/mol. The number of urea groups is 1. The third kappa shape index (κ3) is 4.93. The summed E-state index contributed by atoms with van der Waals surface area (Å²) < 4.78 is 13.1. The van der Waals surface area contributed by atoms with E-state index in [1.165, 1.54) is 12.1 Å².